The maximum absolute atomic E-state index is 12.9. The number of piperidine rings is 1. The van der Waals surface area contributed by atoms with Crippen LogP contribution in [0.25, 0.3) is 0 Å². The third kappa shape index (κ3) is 3.19. The average molecular weight is 387 g/mol. The minimum atomic E-state index is -0.622. The van der Waals surface area contributed by atoms with Crippen LogP contribution in [-0.4, -0.2) is 54.2 Å². The second kappa shape index (κ2) is 6.92. The Morgan fingerprint density at radius 3 is 2.68 bits per heavy atom. The van der Waals surface area contributed by atoms with Crippen molar-refractivity contribution in [2.24, 2.45) is 7.05 Å². The van der Waals surface area contributed by atoms with E-state index in [-0.39, 0.29) is 5.91 Å². The number of hydrogen-bond acceptors (Lipinski definition) is 5. The fourth-order valence-corrected chi connectivity index (χ4v) is 4.33. The van der Waals surface area contributed by atoms with Crippen LogP contribution in [0.15, 0.2) is 12.3 Å². The monoisotopic (exact) mass is 387 g/mol. The van der Waals surface area contributed by atoms with Crippen molar-refractivity contribution < 1.29 is 14.6 Å². The molecule has 152 valence electrons. The summed E-state index contributed by atoms with van der Waals surface area (Å²) >= 11 is 0. The number of rotatable bonds is 3. The van der Waals surface area contributed by atoms with Gasteiger partial charge < -0.3 is 14.7 Å². The topological polar surface area (TPSA) is 85.4 Å². The van der Waals surface area contributed by atoms with Crippen LogP contribution in [-0.2, 0) is 13.6 Å². The largest absolute Gasteiger partial charge is 0.483 e. The van der Waals surface area contributed by atoms with Gasteiger partial charge in [-0.15, -0.1) is 0 Å². The summed E-state index contributed by atoms with van der Waals surface area (Å²) in [5.74, 6) is 0.957. The number of carbonyl (C=O) groups excluding carboxylic acids is 1. The lowest BCUT2D eigenvalue weighted by molar-refractivity contribution is -0.0505. The summed E-state index contributed by atoms with van der Waals surface area (Å²) in [6.07, 6.45) is 3.14. The first kappa shape index (κ1) is 19.0. The van der Waals surface area contributed by atoms with E-state index in [0.29, 0.717) is 55.4 Å². The summed E-state index contributed by atoms with van der Waals surface area (Å²) in [6, 6.07) is 1.89. The Bertz CT molecular complexity index is 877. The van der Waals surface area contributed by atoms with Gasteiger partial charge in [0.1, 0.15) is 17.4 Å². The summed E-state index contributed by atoms with van der Waals surface area (Å²) in [5, 5.41) is 19.4. The number of likely N-dealkylation sites (tertiary alicyclic amines) is 1. The molecule has 28 heavy (non-hydrogen) atoms. The van der Waals surface area contributed by atoms with Crippen molar-refractivity contribution in [2.45, 2.75) is 64.2 Å². The standard InChI is InChI=1S/C20H29N5O3/c1-5-25-12-17-18(22-25)16(26)11-20(28-17)6-8-24(9-7-20)19(27)14-10-15(13(2)3)23(4)21-14/h10,12-13,16,26H,5-9,11H2,1-4H3. The average Bonchev–Trinajstić information content (AvgIpc) is 3.25. The van der Waals surface area contributed by atoms with E-state index < -0.39 is 11.7 Å². The number of ether oxygens (including phenoxy) is 1. The van der Waals surface area contributed by atoms with Crippen LogP contribution in [0.2, 0.25) is 0 Å². The van der Waals surface area contributed by atoms with Crippen molar-refractivity contribution >= 4 is 5.91 Å². The van der Waals surface area contributed by atoms with Crippen LogP contribution in [0.5, 0.6) is 5.75 Å². The first-order valence-corrected chi connectivity index (χ1v) is 10.1. The molecule has 2 aliphatic rings. The molecule has 1 atom stereocenters. The lowest BCUT2D eigenvalue weighted by atomic mass is 9.83. The first-order valence-electron chi connectivity index (χ1n) is 10.1. The summed E-state index contributed by atoms with van der Waals surface area (Å²) in [5.41, 5.74) is 1.74. The van der Waals surface area contributed by atoms with E-state index >= 15 is 0 Å². The molecule has 0 bridgehead atoms. The van der Waals surface area contributed by atoms with Gasteiger partial charge in [-0.05, 0) is 18.9 Å². The third-order valence-corrected chi connectivity index (χ3v) is 5.97. The Balaban J connectivity index is 1.46. The molecule has 1 saturated heterocycles. The van der Waals surface area contributed by atoms with Crippen LogP contribution in [0.1, 0.15) is 73.9 Å². The molecule has 1 unspecified atom stereocenters. The number of aliphatic hydroxyl groups is 1. The van der Waals surface area contributed by atoms with Gasteiger partial charge in [-0.2, -0.15) is 10.2 Å². The minimum Gasteiger partial charge on any atom is -0.483 e. The van der Waals surface area contributed by atoms with Gasteiger partial charge in [0, 0.05) is 51.6 Å². The highest BCUT2D eigenvalue weighted by molar-refractivity contribution is 5.92. The molecule has 0 saturated carbocycles. The summed E-state index contributed by atoms with van der Waals surface area (Å²) in [4.78, 5) is 14.8. The lowest BCUT2D eigenvalue weighted by Crippen LogP contribution is -2.51. The molecule has 1 spiro atoms. The Hall–Kier alpha value is -2.35. The van der Waals surface area contributed by atoms with Gasteiger partial charge in [-0.3, -0.25) is 14.2 Å². The van der Waals surface area contributed by atoms with Crippen molar-refractivity contribution in [3.63, 3.8) is 0 Å². The van der Waals surface area contributed by atoms with E-state index in [1.165, 1.54) is 0 Å². The molecule has 0 radical (unpaired) electrons. The Morgan fingerprint density at radius 2 is 2.07 bits per heavy atom. The maximum Gasteiger partial charge on any atom is 0.274 e. The van der Waals surface area contributed by atoms with E-state index in [4.69, 9.17) is 4.74 Å². The zero-order valence-corrected chi connectivity index (χ0v) is 17.1. The van der Waals surface area contributed by atoms with Gasteiger partial charge in [-0.1, -0.05) is 13.8 Å². The minimum absolute atomic E-state index is 0.0341. The first-order chi connectivity index (χ1) is 13.3. The van der Waals surface area contributed by atoms with Gasteiger partial charge in [0.05, 0.1) is 6.20 Å². The van der Waals surface area contributed by atoms with Crippen molar-refractivity contribution in [1.82, 2.24) is 24.5 Å². The normalized spacial score (nSPS) is 21.1. The highest BCUT2D eigenvalue weighted by Crippen LogP contribution is 2.43. The number of fused-ring (bicyclic) bond motifs is 1. The molecule has 8 nitrogen and oxygen atoms in total. The Morgan fingerprint density at radius 1 is 1.36 bits per heavy atom. The molecular weight excluding hydrogens is 358 g/mol. The molecule has 2 aromatic rings. The van der Waals surface area contributed by atoms with Crippen LogP contribution >= 0.6 is 0 Å². The van der Waals surface area contributed by atoms with Crippen LogP contribution in [0, 0.1) is 0 Å². The van der Waals surface area contributed by atoms with E-state index in [1.54, 1.807) is 9.36 Å². The van der Waals surface area contributed by atoms with Crippen LogP contribution < -0.4 is 4.74 Å². The molecule has 0 aromatic carbocycles. The van der Waals surface area contributed by atoms with Gasteiger partial charge in [0.25, 0.3) is 5.91 Å². The fraction of sp³-hybridized carbons (Fsp3) is 0.650. The molecule has 1 amide bonds. The molecular formula is C20H29N5O3. The second-order valence-corrected chi connectivity index (χ2v) is 8.26. The van der Waals surface area contributed by atoms with Crippen LogP contribution in [0.3, 0.4) is 0 Å². The van der Waals surface area contributed by atoms with Gasteiger partial charge in [-0.25, -0.2) is 0 Å². The van der Waals surface area contributed by atoms with Crippen molar-refractivity contribution in [3.8, 4) is 5.75 Å². The molecule has 1 fully saturated rings. The number of nitrogens with zero attached hydrogens (tertiary/aromatic N) is 5. The highest BCUT2D eigenvalue weighted by atomic mass is 16.5. The highest BCUT2D eigenvalue weighted by Gasteiger charge is 2.45. The third-order valence-electron chi connectivity index (χ3n) is 5.97. The van der Waals surface area contributed by atoms with Gasteiger partial charge in [0.15, 0.2) is 11.4 Å². The van der Waals surface area contributed by atoms with Gasteiger partial charge in [0.2, 0.25) is 0 Å². The SMILES string of the molecule is CCn1cc2c(n1)C(O)CC1(CCN(C(=O)c3cc(C(C)C)n(C)n3)CC1)O2. The number of amides is 1. The van der Waals surface area contributed by atoms with E-state index in [1.807, 2.05) is 31.1 Å². The number of hydrogen-bond donors (Lipinski definition) is 1. The second-order valence-electron chi connectivity index (χ2n) is 8.26. The van der Waals surface area contributed by atoms with Crippen molar-refractivity contribution in [1.29, 1.82) is 0 Å². The molecule has 4 heterocycles. The summed E-state index contributed by atoms with van der Waals surface area (Å²) in [7, 11) is 1.88. The molecule has 4 rings (SSSR count). The van der Waals surface area contributed by atoms with Crippen LogP contribution in [0.4, 0.5) is 0 Å². The zero-order chi connectivity index (χ0) is 20.1. The number of aromatic nitrogens is 4. The molecule has 8 heteroatoms. The summed E-state index contributed by atoms with van der Waals surface area (Å²) in [6.45, 7) is 8.12. The smallest absolute Gasteiger partial charge is 0.274 e. The molecule has 2 aromatic heterocycles. The van der Waals surface area contributed by atoms with E-state index in [2.05, 4.69) is 24.0 Å². The number of aryl methyl sites for hydroxylation is 2. The Kier molecular flexibility index (Phi) is 4.69. The maximum atomic E-state index is 12.9. The van der Waals surface area contributed by atoms with E-state index in [9.17, 15) is 9.90 Å². The Labute approximate surface area is 165 Å². The molecule has 1 N–H and O–H groups in total. The predicted molar refractivity (Wildman–Crippen MR) is 103 cm³/mol. The van der Waals surface area contributed by atoms with E-state index in [0.717, 1.165) is 12.2 Å². The summed E-state index contributed by atoms with van der Waals surface area (Å²) < 4.78 is 9.88. The number of aliphatic hydroxyl groups excluding tert-OH is 1. The molecule has 2 aliphatic heterocycles. The number of carbonyl (C=O) groups is 1. The quantitative estimate of drug-likeness (QED) is 0.873. The van der Waals surface area contributed by atoms with Crippen molar-refractivity contribution in [3.05, 3.63) is 29.3 Å². The zero-order valence-electron chi connectivity index (χ0n) is 17.1. The lowest BCUT2D eigenvalue weighted by Gasteiger charge is -2.44. The molecule has 0 aliphatic carbocycles. The van der Waals surface area contributed by atoms with Crippen molar-refractivity contribution in [2.75, 3.05) is 13.1 Å². The predicted octanol–water partition coefficient (Wildman–Crippen LogP) is 2.25. The fourth-order valence-electron chi connectivity index (χ4n) is 4.33. The van der Waals surface area contributed by atoms with Gasteiger partial charge >= 0.3 is 0 Å².